The first-order chi connectivity index (χ1) is 11.0. The van der Waals surface area contributed by atoms with Crippen molar-refractivity contribution in [2.75, 3.05) is 7.11 Å². The molecule has 0 heterocycles. The second kappa shape index (κ2) is 7.68. The molecular weight excluding hydrogens is 292 g/mol. The standard InChI is InChI=1S/C19H22O4/c1-4-18(20)23-16-11-15(19(21)17(12-16)22-3)10-9-14-7-5-13(2)6-8-14/h5-8,11-12,21H,4,9-10H2,1-3H3. The Morgan fingerprint density at radius 2 is 1.83 bits per heavy atom. The van der Waals surface area contributed by atoms with Gasteiger partial charge in [0.1, 0.15) is 5.75 Å². The van der Waals surface area contributed by atoms with E-state index >= 15 is 0 Å². The summed E-state index contributed by atoms with van der Waals surface area (Å²) >= 11 is 0. The molecule has 0 amide bonds. The van der Waals surface area contributed by atoms with Gasteiger partial charge in [0, 0.05) is 18.1 Å². The van der Waals surface area contributed by atoms with Gasteiger partial charge in [-0.1, -0.05) is 36.8 Å². The van der Waals surface area contributed by atoms with E-state index in [1.807, 2.05) is 6.92 Å². The number of ether oxygens (including phenoxy) is 2. The molecule has 122 valence electrons. The zero-order chi connectivity index (χ0) is 16.8. The molecule has 0 saturated carbocycles. The Hall–Kier alpha value is -2.49. The van der Waals surface area contributed by atoms with E-state index in [1.165, 1.54) is 24.3 Å². The molecule has 0 unspecified atom stereocenters. The van der Waals surface area contributed by atoms with Crippen LogP contribution in [-0.2, 0) is 17.6 Å². The molecule has 0 aliphatic heterocycles. The smallest absolute Gasteiger partial charge is 0.310 e. The Labute approximate surface area is 136 Å². The zero-order valence-corrected chi connectivity index (χ0v) is 13.8. The van der Waals surface area contributed by atoms with Gasteiger partial charge in [-0.15, -0.1) is 0 Å². The molecule has 2 aromatic carbocycles. The molecule has 1 N–H and O–H groups in total. The Morgan fingerprint density at radius 1 is 1.13 bits per heavy atom. The molecule has 23 heavy (non-hydrogen) atoms. The predicted molar refractivity (Wildman–Crippen MR) is 89.2 cm³/mol. The van der Waals surface area contributed by atoms with Crippen LogP contribution >= 0.6 is 0 Å². The molecule has 0 saturated heterocycles. The van der Waals surface area contributed by atoms with Crippen LogP contribution < -0.4 is 9.47 Å². The van der Waals surface area contributed by atoms with Crippen molar-refractivity contribution in [2.24, 2.45) is 0 Å². The Balaban J connectivity index is 2.20. The minimum Gasteiger partial charge on any atom is -0.504 e. The maximum absolute atomic E-state index is 11.5. The minimum atomic E-state index is -0.317. The number of hydrogen-bond acceptors (Lipinski definition) is 4. The summed E-state index contributed by atoms with van der Waals surface area (Å²) in [6.07, 6.45) is 1.70. The van der Waals surface area contributed by atoms with Gasteiger partial charge in [-0.05, 0) is 31.4 Å². The highest BCUT2D eigenvalue weighted by atomic mass is 16.5. The number of benzene rings is 2. The summed E-state index contributed by atoms with van der Waals surface area (Å²) in [4.78, 5) is 11.5. The van der Waals surface area contributed by atoms with E-state index in [2.05, 4.69) is 24.3 Å². The molecular formula is C19H22O4. The van der Waals surface area contributed by atoms with Gasteiger partial charge < -0.3 is 14.6 Å². The van der Waals surface area contributed by atoms with Crippen LogP contribution in [0.2, 0.25) is 0 Å². The monoisotopic (exact) mass is 314 g/mol. The highest BCUT2D eigenvalue weighted by Crippen LogP contribution is 2.35. The average molecular weight is 314 g/mol. The molecule has 0 aliphatic rings. The van der Waals surface area contributed by atoms with Crippen LogP contribution in [0, 0.1) is 6.92 Å². The lowest BCUT2D eigenvalue weighted by atomic mass is 10.0. The van der Waals surface area contributed by atoms with Crippen LogP contribution in [-0.4, -0.2) is 18.2 Å². The summed E-state index contributed by atoms with van der Waals surface area (Å²) in [5.74, 6) is 0.480. The van der Waals surface area contributed by atoms with Gasteiger partial charge in [0.2, 0.25) is 0 Å². The minimum absolute atomic E-state index is 0.0934. The van der Waals surface area contributed by atoms with Crippen molar-refractivity contribution < 1.29 is 19.4 Å². The second-order valence-electron chi connectivity index (χ2n) is 5.45. The van der Waals surface area contributed by atoms with E-state index < -0.39 is 0 Å². The van der Waals surface area contributed by atoms with Crippen LogP contribution in [0.15, 0.2) is 36.4 Å². The largest absolute Gasteiger partial charge is 0.504 e. The van der Waals surface area contributed by atoms with Gasteiger partial charge >= 0.3 is 5.97 Å². The molecule has 4 heteroatoms. The van der Waals surface area contributed by atoms with Gasteiger partial charge in [0.05, 0.1) is 7.11 Å². The summed E-state index contributed by atoms with van der Waals surface area (Å²) in [7, 11) is 1.48. The zero-order valence-electron chi connectivity index (χ0n) is 13.8. The van der Waals surface area contributed by atoms with Gasteiger partial charge in [-0.3, -0.25) is 4.79 Å². The number of hydrogen-bond donors (Lipinski definition) is 1. The fraction of sp³-hybridized carbons (Fsp3) is 0.316. The molecule has 0 aromatic heterocycles. The molecule has 0 fully saturated rings. The molecule has 0 atom stereocenters. The number of esters is 1. The Morgan fingerprint density at radius 3 is 2.43 bits per heavy atom. The maximum Gasteiger partial charge on any atom is 0.310 e. The highest BCUT2D eigenvalue weighted by Gasteiger charge is 2.13. The summed E-state index contributed by atoms with van der Waals surface area (Å²) in [5.41, 5.74) is 3.10. The van der Waals surface area contributed by atoms with E-state index in [0.717, 1.165) is 6.42 Å². The SMILES string of the molecule is CCC(=O)Oc1cc(CCc2ccc(C)cc2)c(O)c(OC)c1. The molecule has 4 nitrogen and oxygen atoms in total. The lowest BCUT2D eigenvalue weighted by molar-refractivity contribution is -0.134. The summed E-state index contributed by atoms with van der Waals surface area (Å²) in [6, 6.07) is 11.5. The van der Waals surface area contributed by atoms with Crippen molar-refractivity contribution in [3.63, 3.8) is 0 Å². The third-order valence-electron chi connectivity index (χ3n) is 3.67. The molecule has 0 radical (unpaired) electrons. The van der Waals surface area contributed by atoms with Gasteiger partial charge in [-0.25, -0.2) is 0 Å². The van der Waals surface area contributed by atoms with Crippen LogP contribution in [0.1, 0.15) is 30.0 Å². The number of rotatable bonds is 6. The van der Waals surface area contributed by atoms with E-state index in [9.17, 15) is 9.90 Å². The van der Waals surface area contributed by atoms with Gasteiger partial charge in [-0.2, -0.15) is 0 Å². The van der Waals surface area contributed by atoms with Crippen LogP contribution in [0.5, 0.6) is 17.2 Å². The second-order valence-corrected chi connectivity index (χ2v) is 5.45. The number of phenols is 1. The summed E-state index contributed by atoms with van der Waals surface area (Å²) in [6.45, 7) is 3.78. The molecule has 2 aromatic rings. The van der Waals surface area contributed by atoms with Crippen LogP contribution in [0.25, 0.3) is 0 Å². The molecule has 0 aliphatic carbocycles. The van der Waals surface area contributed by atoms with Crippen molar-refractivity contribution in [1.82, 2.24) is 0 Å². The fourth-order valence-electron chi connectivity index (χ4n) is 2.28. The van der Waals surface area contributed by atoms with Crippen molar-refractivity contribution >= 4 is 5.97 Å². The average Bonchev–Trinajstić information content (AvgIpc) is 2.56. The third-order valence-corrected chi connectivity index (χ3v) is 3.67. The highest BCUT2D eigenvalue weighted by molar-refractivity contribution is 5.72. The first kappa shape index (κ1) is 16.9. The van der Waals surface area contributed by atoms with E-state index in [1.54, 1.807) is 13.0 Å². The van der Waals surface area contributed by atoms with E-state index in [4.69, 9.17) is 9.47 Å². The summed E-state index contributed by atoms with van der Waals surface area (Å²) in [5, 5.41) is 10.3. The quantitative estimate of drug-likeness (QED) is 0.651. The third kappa shape index (κ3) is 4.49. The van der Waals surface area contributed by atoms with Gasteiger partial charge in [0.25, 0.3) is 0 Å². The number of aryl methyl sites for hydroxylation is 3. The van der Waals surface area contributed by atoms with E-state index in [-0.39, 0.29) is 11.7 Å². The molecule has 2 rings (SSSR count). The predicted octanol–water partition coefficient (Wildman–Crippen LogP) is 3.81. The normalized spacial score (nSPS) is 10.4. The number of methoxy groups -OCH3 is 1. The number of phenolic OH excluding ortho intramolecular Hbond substituents is 1. The van der Waals surface area contributed by atoms with Crippen molar-refractivity contribution in [3.05, 3.63) is 53.1 Å². The van der Waals surface area contributed by atoms with Crippen molar-refractivity contribution in [1.29, 1.82) is 0 Å². The maximum atomic E-state index is 11.5. The molecule has 0 bridgehead atoms. The lowest BCUT2D eigenvalue weighted by Crippen LogP contribution is -2.06. The van der Waals surface area contributed by atoms with Crippen molar-refractivity contribution in [2.45, 2.75) is 33.1 Å². The number of aromatic hydroxyl groups is 1. The van der Waals surface area contributed by atoms with Gasteiger partial charge in [0.15, 0.2) is 11.5 Å². The molecule has 0 spiro atoms. The first-order valence-electron chi connectivity index (χ1n) is 7.69. The first-order valence-corrected chi connectivity index (χ1v) is 7.69. The topological polar surface area (TPSA) is 55.8 Å². The van der Waals surface area contributed by atoms with E-state index in [0.29, 0.717) is 29.9 Å². The van der Waals surface area contributed by atoms with Crippen molar-refractivity contribution in [3.8, 4) is 17.2 Å². The Bertz CT molecular complexity index is 675. The number of carbonyl (C=O) groups is 1. The fourth-order valence-corrected chi connectivity index (χ4v) is 2.28. The summed E-state index contributed by atoms with van der Waals surface area (Å²) < 4.78 is 10.4. The lowest BCUT2D eigenvalue weighted by Gasteiger charge is -2.12. The number of carbonyl (C=O) groups excluding carboxylic acids is 1. The Kier molecular flexibility index (Phi) is 5.63. The van der Waals surface area contributed by atoms with Crippen LogP contribution in [0.4, 0.5) is 0 Å². The van der Waals surface area contributed by atoms with Crippen LogP contribution in [0.3, 0.4) is 0 Å².